The van der Waals surface area contributed by atoms with Crippen LogP contribution in [0.3, 0.4) is 0 Å². The highest BCUT2D eigenvalue weighted by molar-refractivity contribution is 9.10. The molecule has 0 heterocycles. The SMILES string of the molecule is C(=Cc1ccccc1)c1ccccc1.CCC(CC)(O[P+](=O)O)c1ccc(Br)cc1. The third-order valence-corrected chi connectivity index (χ3v) is 5.87. The molecule has 0 saturated carbocycles. The van der Waals surface area contributed by atoms with Crippen LogP contribution in [0.2, 0.25) is 0 Å². The van der Waals surface area contributed by atoms with Crippen molar-refractivity contribution >= 4 is 36.3 Å². The zero-order chi connectivity index (χ0) is 21.8. The first-order valence-electron chi connectivity index (χ1n) is 9.88. The lowest BCUT2D eigenvalue weighted by Gasteiger charge is -2.25. The molecule has 3 aromatic rings. The van der Waals surface area contributed by atoms with Gasteiger partial charge in [-0.25, -0.2) is 0 Å². The Labute approximate surface area is 188 Å². The minimum absolute atomic E-state index is 0.659. The van der Waals surface area contributed by atoms with Gasteiger partial charge >= 0.3 is 8.25 Å². The van der Waals surface area contributed by atoms with Gasteiger partial charge in [-0.15, -0.1) is 9.42 Å². The zero-order valence-electron chi connectivity index (χ0n) is 17.2. The van der Waals surface area contributed by atoms with E-state index < -0.39 is 13.9 Å². The quantitative estimate of drug-likeness (QED) is 0.272. The van der Waals surface area contributed by atoms with Crippen molar-refractivity contribution < 1.29 is 14.0 Å². The van der Waals surface area contributed by atoms with Gasteiger partial charge in [0.2, 0.25) is 0 Å². The molecule has 1 N–H and O–H groups in total. The molecule has 30 heavy (non-hydrogen) atoms. The summed E-state index contributed by atoms with van der Waals surface area (Å²) in [6, 6.07) is 28.3. The number of hydrogen-bond donors (Lipinski definition) is 1. The topological polar surface area (TPSA) is 46.5 Å². The highest BCUT2D eigenvalue weighted by Crippen LogP contribution is 2.40. The molecule has 0 aliphatic rings. The van der Waals surface area contributed by atoms with E-state index >= 15 is 0 Å². The van der Waals surface area contributed by atoms with Crippen LogP contribution < -0.4 is 0 Å². The van der Waals surface area contributed by atoms with Gasteiger partial charge in [0, 0.05) is 9.04 Å². The monoisotopic (exact) mass is 485 g/mol. The van der Waals surface area contributed by atoms with Gasteiger partial charge in [-0.05, 0) is 41.7 Å². The Kier molecular flexibility index (Phi) is 10.1. The number of benzene rings is 3. The Hall–Kier alpha value is -2.10. The highest BCUT2D eigenvalue weighted by Gasteiger charge is 2.38. The van der Waals surface area contributed by atoms with E-state index in [4.69, 9.17) is 9.42 Å². The van der Waals surface area contributed by atoms with Crippen molar-refractivity contribution in [3.63, 3.8) is 0 Å². The molecule has 5 heteroatoms. The largest absolute Gasteiger partial charge is 0.695 e. The molecule has 3 aromatic carbocycles. The molecule has 0 aliphatic heterocycles. The summed E-state index contributed by atoms with van der Waals surface area (Å²) in [5, 5.41) is 0. The van der Waals surface area contributed by atoms with Crippen molar-refractivity contribution in [2.24, 2.45) is 0 Å². The highest BCUT2D eigenvalue weighted by atomic mass is 79.9. The fourth-order valence-corrected chi connectivity index (χ4v) is 3.99. The Morgan fingerprint density at radius 1 is 0.833 bits per heavy atom. The first kappa shape index (κ1) is 24.2. The third kappa shape index (κ3) is 7.62. The van der Waals surface area contributed by atoms with E-state index in [0.717, 1.165) is 10.0 Å². The van der Waals surface area contributed by atoms with Crippen LogP contribution in [0.1, 0.15) is 43.4 Å². The summed E-state index contributed by atoms with van der Waals surface area (Å²) in [5.41, 5.74) is 2.73. The maximum Gasteiger partial charge on any atom is 0.695 e. The standard InChI is InChI=1S/C14H12.C11H14BrO3P/c1-3-7-13(8-4-1)11-12-14-9-5-2-6-10-14;1-3-11(4-2,15-16(13)14)9-5-7-10(12)8-6-9/h1-12H;5-8H,3-4H2,1-2H3/p+1. The third-order valence-electron chi connectivity index (χ3n) is 4.83. The Balaban J connectivity index is 0.000000215. The molecule has 0 aliphatic carbocycles. The fourth-order valence-electron chi connectivity index (χ4n) is 3.06. The lowest BCUT2D eigenvalue weighted by molar-refractivity contribution is 0.0536. The molecular formula is C25H27BrO3P+. The molecule has 0 fully saturated rings. The Morgan fingerprint density at radius 3 is 1.63 bits per heavy atom. The van der Waals surface area contributed by atoms with Gasteiger partial charge in [-0.1, -0.05) is 115 Å². The average Bonchev–Trinajstić information content (AvgIpc) is 2.78. The minimum atomic E-state index is -2.59. The molecule has 3 nitrogen and oxygen atoms in total. The van der Waals surface area contributed by atoms with E-state index in [9.17, 15) is 4.57 Å². The van der Waals surface area contributed by atoms with Crippen LogP contribution in [0.25, 0.3) is 12.2 Å². The lowest BCUT2D eigenvalue weighted by atomic mass is 9.89. The second kappa shape index (κ2) is 12.6. The van der Waals surface area contributed by atoms with Crippen molar-refractivity contribution in [2.75, 3.05) is 0 Å². The van der Waals surface area contributed by atoms with Gasteiger partial charge in [0.05, 0.1) is 0 Å². The van der Waals surface area contributed by atoms with Crippen molar-refractivity contribution in [1.29, 1.82) is 0 Å². The second-order valence-corrected chi connectivity index (χ2v) is 8.27. The predicted octanol–water partition coefficient (Wildman–Crippen LogP) is 7.99. The van der Waals surface area contributed by atoms with E-state index in [2.05, 4.69) is 52.3 Å². The lowest BCUT2D eigenvalue weighted by Crippen LogP contribution is -2.25. The molecule has 0 saturated heterocycles. The van der Waals surface area contributed by atoms with Gasteiger partial charge in [-0.3, -0.25) is 0 Å². The van der Waals surface area contributed by atoms with Gasteiger partial charge < -0.3 is 0 Å². The van der Waals surface area contributed by atoms with E-state index in [0.29, 0.717) is 12.8 Å². The zero-order valence-corrected chi connectivity index (χ0v) is 19.7. The summed E-state index contributed by atoms with van der Waals surface area (Å²) in [7, 11) is -2.59. The molecule has 0 amide bonds. The van der Waals surface area contributed by atoms with Crippen LogP contribution >= 0.6 is 24.2 Å². The first-order chi connectivity index (χ1) is 14.5. The molecule has 0 aromatic heterocycles. The molecular weight excluding hydrogens is 459 g/mol. The van der Waals surface area contributed by atoms with Crippen molar-refractivity contribution in [1.82, 2.24) is 0 Å². The summed E-state index contributed by atoms with van der Waals surface area (Å²) in [5.74, 6) is 0. The molecule has 0 spiro atoms. The first-order valence-corrected chi connectivity index (χ1v) is 11.8. The van der Waals surface area contributed by atoms with Crippen molar-refractivity contribution in [2.45, 2.75) is 32.3 Å². The molecule has 0 bridgehead atoms. The maximum atomic E-state index is 10.9. The predicted molar refractivity (Wildman–Crippen MR) is 129 cm³/mol. The van der Waals surface area contributed by atoms with Crippen LogP contribution in [-0.4, -0.2) is 4.89 Å². The smallest absolute Gasteiger partial charge is 0.133 e. The fraction of sp³-hybridized carbons (Fsp3) is 0.200. The average molecular weight is 486 g/mol. The van der Waals surface area contributed by atoms with E-state index in [1.807, 2.05) is 74.5 Å². The van der Waals surface area contributed by atoms with Crippen LogP contribution in [0.15, 0.2) is 89.4 Å². The molecule has 156 valence electrons. The van der Waals surface area contributed by atoms with Crippen LogP contribution in [0, 0.1) is 0 Å². The van der Waals surface area contributed by atoms with Crippen molar-refractivity contribution in [3.8, 4) is 0 Å². The maximum absolute atomic E-state index is 10.9. The van der Waals surface area contributed by atoms with E-state index in [1.54, 1.807) is 0 Å². The Morgan fingerprint density at radius 2 is 1.27 bits per heavy atom. The summed E-state index contributed by atoms with van der Waals surface area (Å²) in [4.78, 5) is 8.94. The molecule has 1 unspecified atom stereocenters. The van der Waals surface area contributed by atoms with Gasteiger partial charge in [0.1, 0.15) is 0 Å². The van der Waals surface area contributed by atoms with Crippen LogP contribution in [0.5, 0.6) is 0 Å². The normalized spacial score (nSPS) is 11.7. The molecule has 0 radical (unpaired) electrons. The second-order valence-electron chi connectivity index (χ2n) is 6.69. The summed E-state index contributed by atoms with van der Waals surface area (Å²) in [6.07, 6.45) is 5.56. The van der Waals surface area contributed by atoms with Crippen molar-refractivity contribution in [3.05, 3.63) is 106 Å². The van der Waals surface area contributed by atoms with Gasteiger partial charge in [-0.2, -0.15) is 0 Å². The number of rotatable bonds is 7. The molecule has 3 rings (SSSR count). The van der Waals surface area contributed by atoms with Crippen LogP contribution in [0.4, 0.5) is 0 Å². The number of hydrogen-bond acceptors (Lipinski definition) is 2. The minimum Gasteiger partial charge on any atom is -0.133 e. The summed E-state index contributed by atoms with van der Waals surface area (Å²) >= 11 is 3.36. The van der Waals surface area contributed by atoms with E-state index in [-0.39, 0.29) is 0 Å². The Bertz CT molecular complexity index is 880. The molecule has 1 atom stereocenters. The van der Waals surface area contributed by atoms with Crippen LogP contribution in [-0.2, 0) is 14.7 Å². The van der Waals surface area contributed by atoms with E-state index in [1.165, 1.54) is 11.1 Å². The summed E-state index contributed by atoms with van der Waals surface area (Å²) in [6.45, 7) is 3.90. The van der Waals surface area contributed by atoms with Gasteiger partial charge in [0.25, 0.3) is 0 Å². The number of halogens is 1. The summed E-state index contributed by atoms with van der Waals surface area (Å²) < 4.78 is 17.1. The van der Waals surface area contributed by atoms with Gasteiger partial charge in [0.15, 0.2) is 5.60 Å².